The molecule has 1 aromatic rings. The Kier molecular flexibility index (Phi) is 4.17. The summed E-state index contributed by atoms with van der Waals surface area (Å²) in [6.45, 7) is 10.5. The van der Waals surface area contributed by atoms with Crippen molar-refractivity contribution in [2.24, 2.45) is 0 Å². The van der Waals surface area contributed by atoms with Crippen molar-refractivity contribution in [2.75, 3.05) is 13.1 Å². The van der Waals surface area contributed by atoms with Crippen LogP contribution in [0.2, 0.25) is 5.02 Å². The molecular weight excluding hydrogens is 198 g/mol. The number of nitrogens with zero attached hydrogens (tertiary/aromatic N) is 2. The van der Waals surface area contributed by atoms with Crippen LogP contribution in [0.5, 0.6) is 0 Å². The molecule has 1 N–H and O–H groups in total. The fourth-order valence-electron chi connectivity index (χ4n) is 1.15. The summed E-state index contributed by atoms with van der Waals surface area (Å²) >= 11 is 5.89. The number of hydrogen-bond donors (Lipinski definition) is 1. The van der Waals surface area contributed by atoms with E-state index in [0.717, 1.165) is 30.9 Å². The summed E-state index contributed by atoms with van der Waals surface area (Å²) in [5.41, 5.74) is 2.10. The molecule has 0 saturated heterocycles. The Bertz CT molecular complexity index is 317. The Morgan fingerprint density at radius 1 is 1.71 bits per heavy atom. The lowest BCUT2D eigenvalue weighted by molar-refractivity contribution is 0.630. The van der Waals surface area contributed by atoms with Gasteiger partial charge < -0.3 is 5.32 Å². The second-order valence-electron chi connectivity index (χ2n) is 3.27. The van der Waals surface area contributed by atoms with E-state index in [1.807, 2.05) is 11.6 Å². The number of likely N-dealkylation sites (N-methyl/N-ethyl adjacent to an activating group) is 1. The Hall–Kier alpha value is -0.800. The molecule has 0 atom stereocenters. The maximum Gasteiger partial charge on any atom is 0.0815 e. The highest BCUT2D eigenvalue weighted by Gasteiger charge is 2.04. The number of rotatable bonds is 5. The molecule has 0 saturated carbocycles. The van der Waals surface area contributed by atoms with Gasteiger partial charge in [-0.15, -0.1) is 0 Å². The first kappa shape index (κ1) is 11.3. The maximum absolute atomic E-state index is 5.89. The van der Waals surface area contributed by atoms with E-state index in [-0.39, 0.29) is 0 Å². The first-order chi connectivity index (χ1) is 6.65. The smallest absolute Gasteiger partial charge is 0.0815 e. The quantitative estimate of drug-likeness (QED) is 0.759. The second kappa shape index (κ2) is 5.17. The minimum atomic E-state index is 0.709. The summed E-state index contributed by atoms with van der Waals surface area (Å²) in [6.07, 6.45) is 1.66. The maximum atomic E-state index is 5.89. The van der Waals surface area contributed by atoms with E-state index in [4.69, 9.17) is 11.6 Å². The third-order valence-corrected chi connectivity index (χ3v) is 2.41. The van der Waals surface area contributed by atoms with E-state index < -0.39 is 0 Å². The number of hydrogen-bond acceptors (Lipinski definition) is 2. The molecule has 3 nitrogen and oxygen atoms in total. The van der Waals surface area contributed by atoms with Gasteiger partial charge in [-0.25, -0.2) is 0 Å². The minimum absolute atomic E-state index is 0.709. The average molecular weight is 214 g/mol. The first-order valence-corrected chi connectivity index (χ1v) is 5.08. The van der Waals surface area contributed by atoms with Gasteiger partial charge in [0, 0.05) is 6.54 Å². The van der Waals surface area contributed by atoms with Crippen LogP contribution in [0, 0.1) is 6.92 Å². The fourth-order valence-corrected chi connectivity index (χ4v) is 1.29. The van der Waals surface area contributed by atoms with Gasteiger partial charge in [0.1, 0.15) is 0 Å². The molecule has 0 aliphatic heterocycles. The standard InChI is InChI=1S/C10H16ClN3/c1-4-12-5-8(2)7-14-9(3)10(11)6-13-14/h6,12H,2,4-5,7H2,1,3H3. The van der Waals surface area contributed by atoms with Gasteiger partial charge in [0.15, 0.2) is 0 Å². The largest absolute Gasteiger partial charge is 0.313 e. The summed E-state index contributed by atoms with van der Waals surface area (Å²) in [7, 11) is 0. The molecular formula is C10H16ClN3. The Morgan fingerprint density at radius 3 is 2.93 bits per heavy atom. The van der Waals surface area contributed by atoms with E-state index in [1.165, 1.54) is 0 Å². The number of halogens is 1. The zero-order valence-electron chi connectivity index (χ0n) is 8.68. The molecule has 1 rings (SSSR count). The highest BCUT2D eigenvalue weighted by Crippen LogP contribution is 2.13. The van der Waals surface area contributed by atoms with Gasteiger partial charge in [-0.05, 0) is 19.0 Å². The molecule has 0 bridgehead atoms. The van der Waals surface area contributed by atoms with Crippen LogP contribution in [0.1, 0.15) is 12.6 Å². The minimum Gasteiger partial charge on any atom is -0.313 e. The van der Waals surface area contributed by atoms with Crippen LogP contribution < -0.4 is 5.32 Å². The lowest BCUT2D eigenvalue weighted by Crippen LogP contribution is -2.18. The summed E-state index contributed by atoms with van der Waals surface area (Å²) in [5.74, 6) is 0. The van der Waals surface area contributed by atoms with Gasteiger partial charge in [0.25, 0.3) is 0 Å². The molecule has 0 unspecified atom stereocenters. The van der Waals surface area contributed by atoms with Gasteiger partial charge in [0.05, 0.1) is 23.5 Å². The van der Waals surface area contributed by atoms with E-state index in [0.29, 0.717) is 5.02 Å². The third kappa shape index (κ3) is 2.86. The fraction of sp³-hybridized carbons (Fsp3) is 0.500. The first-order valence-electron chi connectivity index (χ1n) is 4.70. The summed E-state index contributed by atoms with van der Waals surface area (Å²) in [4.78, 5) is 0. The lowest BCUT2D eigenvalue weighted by atomic mass is 10.3. The molecule has 78 valence electrons. The highest BCUT2D eigenvalue weighted by molar-refractivity contribution is 6.31. The van der Waals surface area contributed by atoms with Crippen LogP contribution >= 0.6 is 11.6 Å². The molecule has 0 radical (unpaired) electrons. The van der Waals surface area contributed by atoms with E-state index in [1.54, 1.807) is 6.20 Å². The Balaban J connectivity index is 2.52. The zero-order chi connectivity index (χ0) is 10.6. The van der Waals surface area contributed by atoms with Crippen molar-refractivity contribution in [1.29, 1.82) is 0 Å². The Labute approximate surface area is 89.8 Å². The van der Waals surface area contributed by atoms with Gasteiger partial charge in [0.2, 0.25) is 0 Å². The molecule has 0 aliphatic carbocycles. The summed E-state index contributed by atoms with van der Waals surface area (Å²) in [5, 5.41) is 8.09. The lowest BCUT2D eigenvalue weighted by Gasteiger charge is -2.07. The van der Waals surface area contributed by atoms with Crippen LogP contribution in [0.25, 0.3) is 0 Å². The Morgan fingerprint density at radius 2 is 2.43 bits per heavy atom. The molecule has 4 heteroatoms. The van der Waals surface area contributed by atoms with Crippen molar-refractivity contribution >= 4 is 11.6 Å². The zero-order valence-corrected chi connectivity index (χ0v) is 9.43. The van der Waals surface area contributed by atoms with Crippen molar-refractivity contribution in [2.45, 2.75) is 20.4 Å². The molecule has 0 spiro atoms. The topological polar surface area (TPSA) is 29.9 Å². The SMILES string of the molecule is C=C(CNCC)Cn1ncc(Cl)c1C. The number of aromatic nitrogens is 2. The van der Waals surface area contributed by atoms with Crippen molar-refractivity contribution in [3.8, 4) is 0 Å². The second-order valence-corrected chi connectivity index (χ2v) is 3.67. The van der Waals surface area contributed by atoms with Crippen molar-refractivity contribution in [3.05, 3.63) is 29.1 Å². The molecule has 0 aliphatic rings. The van der Waals surface area contributed by atoms with Crippen molar-refractivity contribution in [3.63, 3.8) is 0 Å². The third-order valence-electron chi connectivity index (χ3n) is 2.04. The van der Waals surface area contributed by atoms with Gasteiger partial charge in [-0.1, -0.05) is 25.1 Å². The van der Waals surface area contributed by atoms with Crippen LogP contribution in [-0.2, 0) is 6.54 Å². The van der Waals surface area contributed by atoms with E-state index in [9.17, 15) is 0 Å². The van der Waals surface area contributed by atoms with Crippen LogP contribution in [0.4, 0.5) is 0 Å². The predicted octanol–water partition coefficient (Wildman–Crippen LogP) is 2.01. The van der Waals surface area contributed by atoms with Crippen LogP contribution in [-0.4, -0.2) is 22.9 Å². The molecule has 1 heterocycles. The van der Waals surface area contributed by atoms with E-state index >= 15 is 0 Å². The molecule has 14 heavy (non-hydrogen) atoms. The summed E-state index contributed by atoms with van der Waals surface area (Å²) in [6, 6.07) is 0. The predicted molar refractivity (Wildman–Crippen MR) is 59.7 cm³/mol. The van der Waals surface area contributed by atoms with Gasteiger partial charge in [-0.3, -0.25) is 4.68 Å². The average Bonchev–Trinajstić information content (AvgIpc) is 2.46. The number of nitrogens with one attached hydrogen (secondary N) is 1. The van der Waals surface area contributed by atoms with Gasteiger partial charge >= 0.3 is 0 Å². The molecule has 1 aromatic heterocycles. The molecule has 0 amide bonds. The van der Waals surface area contributed by atoms with E-state index in [2.05, 4.69) is 23.9 Å². The van der Waals surface area contributed by atoms with Crippen LogP contribution in [0.15, 0.2) is 18.3 Å². The van der Waals surface area contributed by atoms with Gasteiger partial charge in [-0.2, -0.15) is 5.10 Å². The molecule has 0 aromatic carbocycles. The molecule has 0 fully saturated rings. The normalized spacial score (nSPS) is 10.5. The van der Waals surface area contributed by atoms with Crippen molar-refractivity contribution < 1.29 is 0 Å². The van der Waals surface area contributed by atoms with Crippen LogP contribution in [0.3, 0.4) is 0 Å². The monoisotopic (exact) mass is 213 g/mol. The summed E-state index contributed by atoms with van der Waals surface area (Å²) < 4.78 is 1.86. The van der Waals surface area contributed by atoms with Crippen molar-refractivity contribution in [1.82, 2.24) is 15.1 Å². The highest BCUT2D eigenvalue weighted by atomic mass is 35.5.